The molecule has 0 saturated heterocycles. The van der Waals surface area contributed by atoms with Crippen LogP contribution in [0, 0.1) is 0 Å². The van der Waals surface area contributed by atoms with E-state index in [0.29, 0.717) is 36.0 Å². The van der Waals surface area contributed by atoms with E-state index < -0.39 is 18.0 Å². The molecule has 7 nitrogen and oxygen atoms in total. The largest absolute Gasteiger partial charge is 0.486 e. The van der Waals surface area contributed by atoms with Gasteiger partial charge in [0, 0.05) is 0 Å². The van der Waals surface area contributed by atoms with Crippen LogP contribution in [0.3, 0.4) is 0 Å². The maximum Gasteiger partial charge on any atom is 0.339 e. The molecule has 1 aliphatic rings. The van der Waals surface area contributed by atoms with Crippen molar-refractivity contribution >= 4 is 11.9 Å². The van der Waals surface area contributed by atoms with Crippen LogP contribution in [0.15, 0.2) is 41.0 Å². The Morgan fingerprint density at radius 1 is 1.21 bits per heavy atom. The first kappa shape index (κ1) is 15.9. The number of ether oxygens (including phenoxy) is 3. The molecule has 0 radical (unpaired) electrons. The lowest BCUT2D eigenvalue weighted by molar-refractivity contribution is -0.129. The molecule has 1 atom stereocenters. The van der Waals surface area contributed by atoms with Crippen molar-refractivity contribution in [3.8, 4) is 11.5 Å². The van der Waals surface area contributed by atoms with E-state index in [2.05, 4.69) is 5.32 Å². The molecule has 0 spiro atoms. The summed E-state index contributed by atoms with van der Waals surface area (Å²) in [5, 5.41) is 2.64. The number of furan rings is 1. The molecule has 126 valence electrons. The molecule has 2 aromatic rings. The van der Waals surface area contributed by atoms with Crippen molar-refractivity contribution < 1.29 is 28.2 Å². The van der Waals surface area contributed by atoms with E-state index in [1.165, 1.54) is 13.2 Å². The highest BCUT2D eigenvalue weighted by atomic mass is 16.6. The van der Waals surface area contributed by atoms with E-state index in [1.807, 2.05) is 0 Å². The van der Waals surface area contributed by atoms with Gasteiger partial charge in [-0.15, -0.1) is 0 Å². The number of carbonyl (C=O) groups is 2. The van der Waals surface area contributed by atoms with Crippen molar-refractivity contribution in [2.24, 2.45) is 0 Å². The normalized spacial score (nSPS) is 13.9. The lowest BCUT2D eigenvalue weighted by atomic mass is 10.2. The monoisotopic (exact) mass is 331 g/mol. The Morgan fingerprint density at radius 3 is 2.75 bits per heavy atom. The number of nitrogens with one attached hydrogen (secondary N) is 1. The van der Waals surface area contributed by atoms with Gasteiger partial charge in [-0.1, -0.05) is 0 Å². The smallest absolute Gasteiger partial charge is 0.339 e. The average Bonchev–Trinajstić information content (AvgIpc) is 3.12. The minimum atomic E-state index is -0.930. The predicted octanol–water partition coefficient (Wildman–Crippen LogP) is 1.91. The zero-order chi connectivity index (χ0) is 16.9. The SMILES string of the molecule is C[C@H](OC(=O)c1ccc2c(c1)OCCO2)C(=O)NCc1ccco1. The third kappa shape index (κ3) is 3.68. The number of benzene rings is 1. The van der Waals surface area contributed by atoms with E-state index in [1.54, 1.807) is 30.3 Å². The van der Waals surface area contributed by atoms with Gasteiger partial charge in [-0.3, -0.25) is 4.79 Å². The highest BCUT2D eigenvalue weighted by Crippen LogP contribution is 2.31. The summed E-state index contributed by atoms with van der Waals surface area (Å²) < 4.78 is 21.1. The molecule has 0 bridgehead atoms. The highest BCUT2D eigenvalue weighted by molar-refractivity contribution is 5.92. The Labute approximate surface area is 138 Å². The summed E-state index contributed by atoms with van der Waals surface area (Å²) >= 11 is 0. The van der Waals surface area contributed by atoms with Crippen molar-refractivity contribution in [1.29, 1.82) is 0 Å². The van der Waals surface area contributed by atoms with Crippen LogP contribution in [0.2, 0.25) is 0 Å². The Balaban J connectivity index is 1.56. The van der Waals surface area contributed by atoms with Crippen LogP contribution >= 0.6 is 0 Å². The molecular formula is C17H17NO6. The minimum absolute atomic E-state index is 0.234. The molecule has 1 aromatic carbocycles. The van der Waals surface area contributed by atoms with E-state index >= 15 is 0 Å². The first-order valence-corrected chi connectivity index (χ1v) is 7.54. The summed E-state index contributed by atoms with van der Waals surface area (Å²) in [6, 6.07) is 8.24. The van der Waals surface area contributed by atoms with E-state index in [4.69, 9.17) is 18.6 Å². The Hall–Kier alpha value is -2.96. The fourth-order valence-electron chi connectivity index (χ4n) is 2.18. The van der Waals surface area contributed by atoms with Gasteiger partial charge in [-0.05, 0) is 37.3 Å². The molecule has 1 aromatic heterocycles. The summed E-state index contributed by atoms with van der Waals surface area (Å²) in [7, 11) is 0. The number of amides is 1. The van der Waals surface area contributed by atoms with Crippen molar-refractivity contribution in [3.63, 3.8) is 0 Å². The van der Waals surface area contributed by atoms with Gasteiger partial charge in [0.2, 0.25) is 0 Å². The number of rotatable bonds is 5. The van der Waals surface area contributed by atoms with Gasteiger partial charge >= 0.3 is 5.97 Å². The molecule has 0 unspecified atom stereocenters. The zero-order valence-corrected chi connectivity index (χ0v) is 13.1. The number of esters is 1. The Morgan fingerprint density at radius 2 is 2.00 bits per heavy atom. The molecule has 0 saturated carbocycles. The number of fused-ring (bicyclic) bond motifs is 1. The van der Waals surface area contributed by atoms with Gasteiger partial charge in [0.25, 0.3) is 5.91 Å². The lowest BCUT2D eigenvalue weighted by Crippen LogP contribution is -2.35. The van der Waals surface area contributed by atoms with Gasteiger partial charge in [-0.25, -0.2) is 4.79 Å². The maximum absolute atomic E-state index is 12.2. The fraction of sp³-hybridized carbons (Fsp3) is 0.294. The Bertz CT molecular complexity index is 725. The fourth-order valence-corrected chi connectivity index (χ4v) is 2.18. The van der Waals surface area contributed by atoms with Crippen LogP contribution in [0.1, 0.15) is 23.0 Å². The summed E-state index contributed by atoms with van der Waals surface area (Å²) in [5.74, 6) is 0.686. The summed E-state index contributed by atoms with van der Waals surface area (Å²) in [5.41, 5.74) is 0.296. The molecule has 7 heteroatoms. The van der Waals surface area contributed by atoms with Crippen LogP contribution in [0.4, 0.5) is 0 Å². The van der Waals surface area contributed by atoms with Crippen LogP contribution in [0.25, 0.3) is 0 Å². The second kappa shape index (κ2) is 7.08. The zero-order valence-electron chi connectivity index (χ0n) is 13.1. The Kier molecular flexibility index (Phi) is 4.69. The van der Waals surface area contributed by atoms with Crippen molar-refractivity contribution in [2.45, 2.75) is 19.6 Å². The highest BCUT2D eigenvalue weighted by Gasteiger charge is 2.21. The van der Waals surface area contributed by atoms with Crippen molar-refractivity contribution in [1.82, 2.24) is 5.32 Å². The number of hydrogen-bond donors (Lipinski definition) is 1. The minimum Gasteiger partial charge on any atom is -0.486 e. The quantitative estimate of drug-likeness (QED) is 0.842. The van der Waals surface area contributed by atoms with E-state index in [-0.39, 0.29) is 6.54 Å². The molecule has 0 fully saturated rings. The molecule has 3 rings (SSSR count). The molecular weight excluding hydrogens is 314 g/mol. The second-order valence-corrected chi connectivity index (χ2v) is 5.20. The van der Waals surface area contributed by atoms with Gasteiger partial charge < -0.3 is 23.9 Å². The number of carbonyl (C=O) groups excluding carboxylic acids is 2. The van der Waals surface area contributed by atoms with Crippen molar-refractivity contribution in [3.05, 3.63) is 47.9 Å². The molecule has 1 N–H and O–H groups in total. The third-order valence-corrected chi connectivity index (χ3v) is 3.45. The first-order chi connectivity index (χ1) is 11.6. The van der Waals surface area contributed by atoms with Crippen LogP contribution in [0.5, 0.6) is 11.5 Å². The summed E-state index contributed by atoms with van der Waals surface area (Å²) in [4.78, 5) is 24.1. The summed E-state index contributed by atoms with van der Waals surface area (Å²) in [6.07, 6.45) is 0.591. The second-order valence-electron chi connectivity index (χ2n) is 5.20. The van der Waals surface area contributed by atoms with E-state index in [9.17, 15) is 9.59 Å². The topological polar surface area (TPSA) is 87.0 Å². The van der Waals surface area contributed by atoms with Gasteiger partial charge in [0.15, 0.2) is 17.6 Å². The van der Waals surface area contributed by atoms with Gasteiger partial charge in [0.1, 0.15) is 19.0 Å². The average molecular weight is 331 g/mol. The van der Waals surface area contributed by atoms with E-state index in [0.717, 1.165) is 0 Å². The standard InChI is InChI=1S/C17H17NO6/c1-11(16(19)18-10-13-3-2-6-21-13)24-17(20)12-4-5-14-15(9-12)23-8-7-22-14/h2-6,9,11H,7-8,10H2,1H3,(H,18,19)/t11-/m0/s1. The molecule has 1 amide bonds. The molecule has 1 aliphatic heterocycles. The molecule has 2 heterocycles. The summed E-state index contributed by atoms with van der Waals surface area (Å²) in [6.45, 7) is 2.64. The van der Waals surface area contributed by atoms with Crippen LogP contribution in [-0.2, 0) is 16.1 Å². The maximum atomic E-state index is 12.2. The van der Waals surface area contributed by atoms with Crippen molar-refractivity contribution in [2.75, 3.05) is 13.2 Å². The van der Waals surface area contributed by atoms with Gasteiger partial charge in [0.05, 0.1) is 18.4 Å². The first-order valence-electron chi connectivity index (χ1n) is 7.54. The van der Waals surface area contributed by atoms with Crippen LogP contribution < -0.4 is 14.8 Å². The number of hydrogen-bond acceptors (Lipinski definition) is 6. The van der Waals surface area contributed by atoms with Crippen LogP contribution in [-0.4, -0.2) is 31.2 Å². The lowest BCUT2D eigenvalue weighted by Gasteiger charge is -2.19. The third-order valence-electron chi connectivity index (χ3n) is 3.45. The molecule has 0 aliphatic carbocycles. The molecule has 24 heavy (non-hydrogen) atoms. The predicted molar refractivity (Wildman–Crippen MR) is 82.9 cm³/mol. The van der Waals surface area contributed by atoms with Gasteiger partial charge in [-0.2, -0.15) is 0 Å².